The maximum atomic E-state index is 14.9. The first-order chi connectivity index (χ1) is 19.5. The Morgan fingerprint density at radius 2 is 1.80 bits per heavy atom. The fourth-order valence-corrected chi connectivity index (χ4v) is 4.63. The molecule has 0 spiro atoms. The molecule has 214 valence electrons. The molecular formula is C30H31F2N5O4. The number of likely N-dealkylation sites (tertiary alicyclic amines) is 1. The smallest absolute Gasteiger partial charge is 0.410 e. The van der Waals surface area contributed by atoms with Gasteiger partial charge >= 0.3 is 6.09 Å². The van der Waals surface area contributed by atoms with Crippen LogP contribution in [0, 0.1) is 18.6 Å². The molecular weight excluding hydrogens is 532 g/mol. The lowest BCUT2D eigenvalue weighted by molar-refractivity contribution is 0.0210. The molecule has 0 aliphatic carbocycles. The molecule has 2 aromatic heterocycles. The van der Waals surface area contributed by atoms with Gasteiger partial charge in [0.1, 0.15) is 28.6 Å². The van der Waals surface area contributed by atoms with Crippen LogP contribution in [-0.2, 0) is 4.74 Å². The van der Waals surface area contributed by atoms with Crippen LogP contribution in [0.3, 0.4) is 0 Å². The summed E-state index contributed by atoms with van der Waals surface area (Å²) in [4.78, 5) is 31.3. The first kappa shape index (κ1) is 28.0. The summed E-state index contributed by atoms with van der Waals surface area (Å²) in [5.41, 5.74) is 0.860. The number of carbonyl (C=O) groups is 1. The Bertz CT molecular complexity index is 1630. The number of hydrogen-bond acceptors (Lipinski definition) is 7. The number of para-hydroxylation sites is 1. The lowest BCUT2D eigenvalue weighted by Gasteiger charge is -2.33. The van der Waals surface area contributed by atoms with Crippen LogP contribution in [0.2, 0.25) is 0 Å². The molecule has 0 bridgehead atoms. The number of ether oxygens (including phenoxy) is 1. The number of hydrogen-bond donors (Lipinski definition) is 1. The number of aromatic nitrogens is 3. The average molecular weight is 564 g/mol. The van der Waals surface area contributed by atoms with Crippen molar-refractivity contribution in [1.29, 1.82) is 0 Å². The molecule has 1 N–H and O–H groups in total. The second-order valence-corrected chi connectivity index (χ2v) is 11.0. The molecule has 0 radical (unpaired) electrons. The van der Waals surface area contributed by atoms with Gasteiger partial charge in [-0.1, -0.05) is 18.2 Å². The summed E-state index contributed by atoms with van der Waals surface area (Å²) < 4.78 is 41.4. The van der Waals surface area contributed by atoms with Crippen molar-refractivity contribution in [2.45, 2.75) is 52.2 Å². The van der Waals surface area contributed by atoms with Crippen molar-refractivity contribution >= 4 is 12.1 Å². The molecule has 4 aromatic rings. The Morgan fingerprint density at radius 1 is 1.07 bits per heavy atom. The largest absolute Gasteiger partial charge is 0.444 e. The molecule has 11 heteroatoms. The number of amides is 1. The number of nitrogens with zero attached hydrogens (tertiary/aromatic N) is 4. The molecule has 1 aliphatic rings. The molecule has 1 aliphatic heterocycles. The molecule has 1 saturated heterocycles. The highest BCUT2D eigenvalue weighted by Gasteiger charge is 2.29. The van der Waals surface area contributed by atoms with Gasteiger partial charge in [0.15, 0.2) is 5.76 Å². The summed E-state index contributed by atoms with van der Waals surface area (Å²) in [6.45, 7) is 8.28. The van der Waals surface area contributed by atoms with Gasteiger partial charge in [0, 0.05) is 36.8 Å². The van der Waals surface area contributed by atoms with Crippen molar-refractivity contribution in [1.82, 2.24) is 19.7 Å². The highest BCUT2D eigenvalue weighted by atomic mass is 19.1. The van der Waals surface area contributed by atoms with E-state index in [1.165, 1.54) is 22.9 Å². The van der Waals surface area contributed by atoms with Crippen LogP contribution in [0.25, 0.3) is 28.4 Å². The third-order valence-electron chi connectivity index (χ3n) is 6.66. The van der Waals surface area contributed by atoms with E-state index in [4.69, 9.17) is 9.15 Å². The molecule has 41 heavy (non-hydrogen) atoms. The number of anilines is 1. The SMILES string of the molecule is Cc1ccccc1-n1nc(-c2oc(NC3CCN(C(=O)OC(C)(C)C)CC3)nc2-c2ccc(F)cc2F)ccc1=O. The highest BCUT2D eigenvalue weighted by molar-refractivity contribution is 5.76. The molecule has 1 amide bonds. The Labute approximate surface area is 235 Å². The molecule has 2 aromatic carbocycles. The number of piperidine rings is 1. The third-order valence-corrected chi connectivity index (χ3v) is 6.66. The summed E-state index contributed by atoms with van der Waals surface area (Å²) in [5, 5.41) is 7.75. The normalized spacial score (nSPS) is 14.2. The van der Waals surface area contributed by atoms with Gasteiger partial charge in [0.05, 0.1) is 5.69 Å². The van der Waals surface area contributed by atoms with Crippen LogP contribution in [0.1, 0.15) is 39.2 Å². The molecule has 9 nitrogen and oxygen atoms in total. The Kier molecular flexibility index (Phi) is 7.61. The van der Waals surface area contributed by atoms with Crippen molar-refractivity contribution in [3.63, 3.8) is 0 Å². The number of oxazole rings is 1. The summed E-state index contributed by atoms with van der Waals surface area (Å²) in [6, 6.07) is 13.3. The zero-order chi connectivity index (χ0) is 29.3. The predicted octanol–water partition coefficient (Wildman–Crippen LogP) is 5.95. The van der Waals surface area contributed by atoms with E-state index < -0.39 is 17.2 Å². The first-order valence-electron chi connectivity index (χ1n) is 13.4. The highest BCUT2D eigenvalue weighted by Crippen LogP contribution is 2.35. The van der Waals surface area contributed by atoms with Gasteiger partial charge in [-0.3, -0.25) is 4.79 Å². The zero-order valence-electron chi connectivity index (χ0n) is 23.3. The fourth-order valence-electron chi connectivity index (χ4n) is 4.63. The topological polar surface area (TPSA) is 102 Å². The summed E-state index contributed by atoms with van der Waals surface area (Å²) in [6.07, 6.45) is 0.847. The van der Waals surface area contributed by atoms with Gasteiger partial charge in [-0.15, -0.1) is 0 Å². The van der Waals surface area contributed by atoms with Gasteiger partial charge in [-0.25, -0.2) is 13.6 Å². The van der Waals surface area contributed by atoms with Gasteiger partial charge < -0.3 is 19.4 Å². The average Bonchev–Trinajstić information content (AvgIpc) is 3.32. The van der Waals surface area contributed by atoms with Crippen LogP contribution in [0.5, 0.6) is 0 Å². The van der Waals surface area contributed by atoms with Crippen molar-refractivity contribution in [2.24, 2.45) is 0 Å². The van der Waals surface area contributed by atoms with Crippen LogP contribution in [0.4, 0.5) is 19.6 Å². The molecule has 5 rings (SSSR count). The third kappa shape index (κ3) is 6.29. The van der Waals surface area contributed by atoms with Crippen molar-refractivity contribution in [3.8, 4) is 28.4 Å². The number of nitrogens with one attached hydrogen (secondary N) is 1. The van der Waals surface area contributed by atoms with Crippen molar-refractivity contribution in [3.05, 3.63) is 82.1 Å². The number of carbonyl (C=O) groups excluding carboxylic acids is 1. The van der Waals surface area contributed by atoms with E-state index in [-0.39, 0.29) is 46.4 Å². The Hall–Kier alpha value is -4.54. The van der Waals surface area contributed by atoms with Crippen LogP contribution in [-0.4, -0.2) is 50.5 Å². The van der Waals surface area contributed by atoms with Gasteiger partial charge in [0.2, 0.25) is 0 Å². The van der Waals surface area contributed by atoms with E-state index >= 15 is 0 Å². The first-order valence-corrected chi connectivity index (χ1v) is 13.4. The van der Waals surface area contributed by atoms with Crippen LogP contribution in [0.15, 0.2) is 63.8 Å². The fraction of sp³-hybridized carbons (Fsp3) is 0.333. The second-order valence-electron chi connectivity index (χ2n) is 11.0. The lowest BCUT2D eigenvalue weighted by atomic mass is 10.1. The van der Waals surface area contributed by atoms with Gasteiger partial charge in [-0.2, -0.15) is 14.8 Å². The van der Waals surface area contributed by atoms with E-state index in [1.807, 2.05) is 39.8 Å². The summed E-state index contributed by atoms with van der Waals surface area (Å²) >= 11 is 0. The minimum Gasteiger partial charge on any atom is -0.444 e. The van der Waals surface area contributed by atoms with Gasteiger partial charge in [-0.05, 0) is 70.4 Å². The Balaban J connectivity index is 1.46. The minimum absolute atomic E-state index is 0.0217. The second kappa shape index (κ2) is 11.1. The minimum atomic E-state index is -0.816. The van der Waals surface area contributed by atoms with Gasteiger partial charge in [0.25, 0.3) is 11.6 Å². The molecule has 0 unspecified atom stereocenters. The quantitative estimate of drug-likeness (QED) is 0.320. The van der Waals surface area contributed by atoms with E-state index in [2.05, 4.69) is 15.4 Å². The number of halogens is 2. The zero-order valence-corrected chi connectivity index (χ0v) is 23.3. The molecule has 0 saturated carbocycles. The van der Waals surface area contributed by atoms with E-state index in [9.17, 15) is 18.4 Å². The monoisotopic (exact) mass is 563 g/mol. The number of rotatable bonds is 5. The molecule has 0 atom stereocenters. The van der Waals surface area contributed by atoms with Crippen LogP contribution < -0.4 is 10.9 Å². The lowest BCUT2D eigenvalue weighted by Crippen LogP contribution is -2.44. The summed E-state index contributed by atoms with van der Waals surface area (Å²) in [5.74, 6) is -1.42. The predicted molar refractivity (Wildman–Crippen MR) is 150 cm³/mol. The number of benzene rings is 2. The Morgan fingerprint density at radius 3 is 2.49 bits per heavy atom. The van der Waals surface area contributed by atoms with E-state index in [0.717, 1.165) is 17.7 Å². The standard InChI is InChI=1S/C30H31F2N5O4/c1-18-7-5-6-8-24(18)37-25(38)12-11-23(35-37)27-26(21-10-9-19(31)17-22(21)32)34-28(40-27)33-20-13-15-36(16-14-20)29(39)41-30(2,3)4/h5-12,17,20H,13-16H2,1-4H3,(H,33,34). The van der Waals surface area contributed by atoms with E-state index in [0.29, 0.717) is 31.6 Å². The number of aryl methyl sites for hydroxylation is 1. The van der Waals surface area contributed by atoms with E-state index in [1.54, 1.807) is 17.0 Å². The van der Waals surface area contributed by atoms with Crippen molar-refractivity contribution < 1.29 is 22.7 Å². The maximum absolute atomic E-state index is 14.9. The maximum Gasteiger partial charge on any atom is 0.410 e. The van der Waals surface area contributed by atoms with Crippen molar-refractivity contribution in [2.75, 3.05) is 18.4 Å². The van der Waals surface area contributed by atoms with Crippen LogP contribution >= 0.6 is 0 Å². The molecule has 1 fully saturated rings. The molecule has 3 heterocycles. The summed E-state index contributed by atoms with van der Waals surface area (Å²) in [7, 11) is 0.